The van der Waals surface area contributed by atoms with Gasteiger partial charge in [-0.3, -0.25) is 9.59 Å². The molecule has 234 valence electrons. The lowest BCUT2D eigenvalue weighted by molar-refractivity contribution is -0.0195. The van der Waals surface area contributed by atoms with Crippen LogP contribution in [0.3, 0.4) is 0 Å². The van der Waals surface area contributed by atoms with E-state index in [9.17, 15) is 9.59 Å². The number of rotatable bonds is 9. The standard InChI is InChI=1S/C33H37N7O5/c1-38(18-19-5-7-22(43-2)8-6-19)26-16-28(35-23-4-3-11-39(33(23)42)25-15-21-10-13-45-30(21)25)37-40-27(17-34-31(26)40)32(41)36-24-14-20-9-12-44-29(20)24/h3-8,11,16-17,20-21,24-25,29-30H,9-10,12-15,18H2,1-2H3,(H,35,37)(H,36,41)/t20-,21-,24-,25-,29-,30-/m1/s1/i1D3. The zero-order valence-electron chi connectivity index (χ0n) is 27.9. The lowest BCUT2D eigenvalue weighted by Crippen LogP contribution is -2.54. The molecule has 45 heavy (non-hydrogen) atoms. The number of fused-ring (bicyclic) bond motifs is 3. The first-order valence-corrected chi connectivity index (χ1v) is 15.5. The SMILES string of the molecule is [2H]C([2H])([2H])N(Cc1ccc(OC)cc1)c1cc(Nc2cccn([C@@H]3C[C@H]4CCO[C@H]43)c2=O)nn2c(C(=O)N[C@@H]3C[C@H]4CCO[C@H]43)cnc12. The summed E-state index contributed by atoms with van der Waals surface area (Å²) in [6.45, 7) is -1.21. The van der Waals surface area contributed by atoms with E-state index in [1.165, 1.54) is 15.6 Å². The first-order valence-electron chi connectivity index (χ1n) is 17.0. The van der Waals surface area contributed by atoms with E-state index in [0.717, 1.165) is 31.2 Å². The number of aromatic nitrogens is 4. The number of hydrogen-bond donors (Lipinski definition) is 2. The van der Waals surface area contributed by atoms with Crippen LogP contribution in [0.5, 0.6) is 5.75 Å². The van der Waals surface area contributed by atoms with Crippen molar-refractivity contribution in [2.24, 2.45) is 11.8 Å². The molecule has 6 atom stereocenters. The second kappa shape index (κ2) is 11.2. The van der Waals surface area contributed by atoms with E-state index in [1.807, 2.05) is 0 Å². The maximum Gasteiger partial charge on any atom is 0.274 e. The Morgan fingerprint density at radius 2 is 1.93 bits per heavy atom. The highest BCUT2D eigenvalue weighted by molar-refractivity contribution is 5.94. The summed E-state index contributed by atoms with van der Waals surface area (Å²) >= 11 is 0. The van der Waals surface area contributed by atoms with Crippen molar-refractivity contribution in [3.63, 3.8) is 0 Å². The molecule has 2 saturated carbocycles. The van der Waals surface area contributed by atoms with E-state index < -0.39 is 12.9 Å². The van der Waals surface area contributed by atoms with E-state index in [-0.39, 0.29) is 64.9 Å². The number of benzene rings is 1. The Labute approximate surface area is 264 Å². The molecule has 4 aromatic rings. The summed E-state index contributed by atoms with van der Waals surface area (Å²) in [5.41, 5.74) is 1.26. The van der Waals surface area contributed by atoms with Gasteiger partial charge in [-0.2, -0.15) is 0 Å². The summed E-state index contributed by atoms with van der Waals surface area (Å²) in [6.07, 6.45) is 6.88. The maximum absolute atomic E-state index is 13.7. The van der Waals surface area contributed by atoms with Gasteiger partial charge in [-0.15, -0.1) is 5.10 Å². The predicted molar refractivity (Wildman–Crippen MR) is 167 cm³/mol. The summed E-state index contributed by atoms with van der Waals surface area (Å²) in [5, 5.41) is 10.9. The average Bonchev–Trinajstić information content (AvgIpc) is 3.76. The van der Waals surface area contributed by atoms with Crippen LogP contribution < -0.4 is 25.8 Å². The first-order chi connectivity index (χ1) is 23.2. The van der Waals surface area contributed by atoms with E-state index in [2.05, 4.69) is 20.7 Å². The molecule has 8 rings (SSSR count). The molecule has 2 saturated heterocycles. The average molecular weight is 615 g/mol. The van der Waals surface area contributed by atoms with Gasteiger partial charge >= 0.3 is 0 Å². The third kappa shape index (κ3) is 4.92. The van der Waals surface area contributed by atoms with E-state index in [0.29, 0.717) is 30.8 Å². The molecular formula is C33H37N7O5. The van der Waals surface area contributed by atoms with Gasteiger partial charge in [-0.1, -0.05) is 12.1 Å². The van der Waals surface area contributed by atoms with Gasteiger partial charge in [0.25, 0.3) is 11.5 Å². The molecule has 3 aromatic heterocycles. The minimum atomic E-state index is -2.60. The number of amides is 1. The van der Waals surface area contributed by atoms with Gasteiger partial charge in [0.15, 0.2) is 17.2 Å². The third-order valence-electron chi connectivity index (χ3n) is 9.79. The number of anilines is 3. The molecule has 4 fully saturated rings. The van der Waals surface area contributed by atoms with Crippen molar-refractivity contribution in [3.8, 4) is 5.75 Å². The molecule has 12 nitrogen and oxygen atoms in total. The molecular weight excluding hydrogens is 574 g/mol. The Morgan fingerprint density at radius 1 is 1.13 bits per heavy atom. The van der Waals surface area contributed by atoms with Gasteiger partial charge in [0.1, 0.15) is 11.4 Å². The second-order valence-corrected chi connectivity index (χ2v) is 12.4. The van der Waals surface area contributed by atoms with Crippen LogP contribution in [0.15, 0.2) is 59.7 Å². The lowest BCUT2D eigenvalue weighted by Gasteiger charge is -2.40. The first kappa shape index (κ1) is 24.8. The predicted octanol–water partition coefficient (Wildman–Crippen LogP) is 3.54. The van der Waals surface area contributed by atoms with Gasteiger partial charge in [0, 0.05) is 43.1 Å². The summed E-state index contributed by atoms with van der Waals surface area (Å²) in [6, 6.07) is 11.9. The van der Waals surface area contributed by atoms with Gasteiger partial charge in [0.2, 0.25) is 0 Å². The van der Waals surface area contributed by atoms with E-state index in [1.54, 1.807) is 60.3 Å². The molecule has 2 aliphatic heterocycles. The minimum absolute atomic E-state index is 0.00113. The van der Waals surface area contributed by atoms with Crippen molar-refractivity contribution in [2.45, 2.75) is 56.5 Å². The molecule has 0 bridgehead atoms. The summed E-state index contributed by atoms with van der Waals surface area (Å²) in [4.78, 5) is 33.1. The number of nitrogens with one attached hydrogen (secondary N) is 2. The number of hydrogen-bond acceptors (Lipinski definition) is 9. The summed E-state index contributed by atoms with van der Waals surface area (Å²) < 4.78 is 45.5. The molecule has 2 N–H and O–H groups in total. The van der Waals surface area contributed by atoms with Crippen LogP contribution in [0.4, 0.5) is 17.2 Å². The molecule has 1 amide bonds. The molecule has 0 unspecified atom stereocenters. The van der Waals surface area contributed by atoms with Gasteiger partial charge in [-0.25, -0.2) is 9.50 Å². The monoisotopic (exact) mass is 614 g/mol. The van der Waals surface area contributed by atoms with Gasteiger partial charge in [0.05, 0.1) is 43.3 Å². The molecule has 4 aliphatic rings. The van der Waals surface area contributed by atoms with E-state index >= 15 is 0 Å². The molecule has 1 aromatic carbocycles. The Kier molecular flexibility index (Phi) is 6.18. The minimum Gasteiger partial charge on any atom is -0.497 e. The highest BCUT2D eigenvalue weighted by Crippen LogP contribution is 2.45. The Hall–Kier alpha value is -4.42. The smallest absolute Gasteiger partial charge is 0.274 e. The largest absolute Gasteiger partial charge is 0.497 e. The number of imidazole rings is 1. The highest BCUT2D eigenvalue weighted by atomic mass is 16.5. The van der Waals surface area contributed by atoms with Crippen LogP contribution >= 0.6 is 0 Å². The number of ether oxygens (including phenoxy) is 3. The van der Waals surface area contributed by atoms with Crippen LogP contribution in [0.1, 0.15) is 51.9 Å². The maximum atomic E-state index is 13.7. The number of nitrogens with zero attached hydrogens (tertiary/aromatic N) is 5. The van der Waals surface area contributed by atoms with Crippen molar-refractivity contribution >= 4 is 28.7 Å². The van der Waals surface area contributed by atoms with Crippen LogP contribution in [-0.4, -0.2) is 70.6 Å². The number of carbonyl (C=O) groups is 1. The second-order valence-electron chi connectivity index (χ2n) is 12.4. The molecule has 5 heterocycles. The molecule has 12 heteroatoms. The highest BCUT2D eigenvalue weighted by Gasteiger charge is 2.47. The van der Waals surface area contributed by atoms with Gasteiger partial charge < -0.3 is 34.3 Å². The fourth-order valence-electron chi connectivity index (χ4n) is 7.22. The quantitative estimate of drug-likeness (QED) is 0.291. The molecule has 2 aliphatic carbocycles. The van der Waals surface area contributed by atoms with Crippen LogP contribution in [0.2, 0.25) is 0 Å². The number of carbonyl (C=O) groups excluding carboxylic acids is 1. The topological polar surface area (TPSA) is 124 Å². The van der Waals surface area contributed by atoms with Crippen molar-refractivity contribution in [3.05, 3.63) is 76.5 Å². The number of pyridine rings is 1. The Morgan fingerprint density at radius 3 is 2.69 bits per heavy atom. The van der Waals surface area contributed by atoms with Crippen molar-refractivity contribution in [1.82, 2.24) is 24.5 Å². The zero-order valence-corrected chi connectivity index (χ0v) is 24.9. The lowest BCUT2D eigenvalue weighted by atomic mass is 9.76. The fourth-order valence-corrected chi connectivity index (χ4v) is 7.22. The molecule has 0 radical (unpaired) electrons. The number of methoxy groups -OCH3 is 1. The van der Waals surface area contributed by atoms with Crippen LogP contribution in [0.25, 0.3) is 5.65 Å². The Balaban J connectivity index is 1.17. The summed E-state index contributed by atoms with van der Waals surface area (Å²) in [7, 11) is 1.56. The van der Waals surface area contributed by atoms with Crippen LogP contribution in [0, 0.1) is 11.8 Å². The van der Waals surface area contributed by atoms with E-state index in [4.69, 9.17) is 18.3 Å². The van der Waals surface area contributed by atoms with Crippen molar-refractivity contribution < 1.29 is 23.1 Å². The van der Waals surface area contributed by atoms with Crippen LogP contribution in [-0.2, 0) is 16.0 Å². The molecule has 0 spiro atoms. The third-order valence-corrected chi connectivity index (χ3v) is 9.79. The normalized spacial score (nSPS) is 27.7. The fraction of sp³-hybridized carbons (Fsp3) is 0.455. The zero-order chi connectivity index (χ0) is 33.2. The van der Waals surface area contributed by atoms with Gasteiger partial charge in [-0.05, 0) is 67.3 Å². The van der Waals surface area contributed by atoms with Crippen molar-refractivity contribution in [1.29, 1.82) is 0 Å². The Bertz CT molecular complexity index is 1910. The summed E-state index contributed by atoms with van der Waals surface area (Å²) in [5.74, 6) is 1.34. The van der Waals surface area contributed by atoms with Crippen molar-refractivity contribution in [2.75, 3.05) is 37.5 Å².